The molecule has 0 bridgehead atoms. The first kappa shape index (κ1) is 25.0. The average Bonchev–Trinajstić information content (AvgIpc) is 2.63. The van der Waals surface area contributed by atoms with Gasteiger partial charge in [0.2, 0.25) is 0 Å². The summed E-state index contributed by atoms with van der Waals surface area (Å²) < 4.78 is 30.4. The minimum absolute atomic E-state index is 0.265. The summed E-state index contributed by atoms with van der Waals surface area (Å²) in [6, 6.07) is 0. The first-order valence-corrected chi connectivity index (χ1v) is 11.1. The fourth-order valence-corrected chi connectivity index (χ4v) is 2.84. The highest BCUT2D eigenvalue weighted by molar-refractivity contribution is 5.98. The van der Waals surface area contributed by atoms with Crippen LogP contribution in [0.15, 0.2) is 0 Å². The quantitative estimate of drug-likeness (QED) is 0.205. The Morgan fingerprint density at radius 1 is 0.760 bits per heavy atom. The van der Waals surface area contributed by atoms with Crippen molar-refractivity contribution in [2.75, 3.05) is 19.8 Å². The maximum Gasteiger partial charge on any atom is 0.313 e. The zero-order chi connectivity index (χ0) is 19.0. The average molecular weight is 379 g/mol. The van der Waals surface area contributed by atoms with Crippen LogP contribution in [-0.4, -0.2) is 48.7 Å². The van der Waals surface area contributed by atoms with Crippen molar-refractivity contribution in [1.82, 2.24) is 0 Å². The van der Waals surface area contributed by atoms with Gasteiger partial charge in [-0.1, -0.05) is 53.9 Å². The topological polar surface area (TPSA) is 46.2 Å². The largest absolute Gasteiger partial charge is 0.404 e. The van der Waals surface area contributed by atoms with Gasteiger partial charge >= 0.3 is 5.97 Å². The van der Waals surface area contributed by atoms with E-state index in [1.54, 1.807) is 0 Å². The van der Waals surface area contributed by atoms with Crippen LogP contribution in [0.4, 0.5) is 0 Å². The van der Waals surface area contributed by atoms with Crippen molar-refractivity contribution in [3.8, 4) is 0 Å². The fraction of sp³-hybridized carbons (Fsp3) is 1.00. The molecule has 0 saturated heterocycles. The van der Waals surface area contributed by atoms with E-state index in [4.69, 9.17) is 23.4 Å². The summed E-state index contributed by atoms with van der Waals surface area (Å²) >= 11 is 0. The van der Waals surface area contributed by atoms with E-state index in [0.29, 0.717) is 30.3 Å². The normalized spacial score (nSPS) is 14.8. The summed E-state index contributed by atoms with van der Waals surface area (Å²) in [4.78, 5) is 0. The summed E-state index contributed by atoms with van der Waals surface area (Å²) in [5, 5.41) is 0. The Labute approximate surface area is 158 Å². The third-order valence-corrected chi connectivity index (χ3v) is 4.60. The molecular weight excluding hydrogens is 336 g/mol. The zero-order valence-electron chi connectivity index (χ0n) is 17.5. The second-order valence-corrected chi connectivity index (χ2v) is 6.79. The summed E-state index contributed by atoms with van der Waals surface area (Å²) in [7, 11) is 0.610. The molecule has 6 heteroatoms. The highest BCUT2D eigenvalue weighted by atomic mass is 28.2. The first-order chi connectivity index (χ1) is 12.1. The zero-order valence-corrected chi connectivity index (χ0v) is 19.5. The van der Waals surface area contributed by atoms with Crippen molar-refractivity contribution in [1.29, 1.82) is 0 Å². The molecule has 0 rings (SSSR count). The number of unbranched alkanes of at least 4 members (excludes halogenated alkanes) is 3. The molecule has 2 unspecified atom stereocenters. The Kier molecular flexibility index (Phi) is 16.2. The second-order valence-electron chi connectivity index (χ2n) is 6.32. The highest BCUT2D eigenvalue weighted by Crippen LogP contribution is 2.29. The molecule has 0 spiro atoms. The Morgan fingerprint density at radius 3 is 1.68 bits per heavy atom. The van der Waals surface area contributed by atoms with Gasteiger partial charge in [0.05, 0.1) is 13.2 Å². The summed E-state index contributed by atoms with van der Waals surface area (Å²) in [6.45, 7) is 12.5. The molecule has 25 heavy (non-hydrogen) atoms. The Balaban J connectivity index is 5.33. The molecule has 0 saturated carbocycles. The van der Waals surface area contributed by atoms with Crippen LogP contribution in [0, 0.1) is 0 Å². The van der Waals surface area contributed by atoms with Crippen LogP contribution in [0.25, 0.3) is 0 Å². The summed E-state index contributed by atoms with van der Waals surface area (Å²) in [6.07, 6.45) is 7.10. The lowest BCUT2D eigenvalue weighted by Gasteiger charge is -2.40. The summed E-state index contributed by atoms with van der Waals surface area (Å²) in [5.41, 5.74) is 0. The van der Waals surface area contributed by atoms with E-state index in [-0.39, 0.29) is 12.4 Å². The van der Waals surface area contributed by atoms with Crippen molar-refractivity contribution in [3.05, 3.63) is 0 Å². The molecule has 0 N–H and O–H groups in total. The van der Waals surface area contributed by atoms with E-state index >= 15 is 0 Å². The van der Waals surface area contributed by atoms with Crippen molar-refractivity contribution in [2.45, 2.75) is 104 Å². The van der Waals surface area contributed by atoms with Gasteiger partial charge in [0.25, 0.3) is 0 Å². The predicted molar refractivity (Wildman–Crippen MR) is 106 cm³/mol. The third kappa shape index (κ3) is 10.1. The minimum atomic E-state index is -1.18. The molecule has 0 radical (unpaired) electrons. The van der Waals surface area contributed by atoms with Gasteiger partial charge in [0.15, 0.2) is 6.29 Å². The number of ether oxygens (including phenoxy) is 4. The number of hydrogen-bond donors (Lipinski definition) is 0. The van der Waals surface area contributed by atoms with Crippen LogP contribution in [0.2, 0.25) is 0 Å². The molecule has 0 aromatic carbocycles. The maximum atomic E-state index is 6.26. The lowest BCUT2D eigenvalue weighted by molar-refractivity contribution is -0.443. The molecule has 152 valence electrons. The molecule has 0 aromatic heterocycles. The Bertz CT molecular complexity index is 277. The van der Waals surface area contributed by atoms with Crippen molar-refractivity contribution >= 4 is 10.5 Å². The molecule has 0 heterocycles. The molecule has 0 aliphatic carbocycles. The lowest BCUT2D eigenvalue weighted by Crippen LogP contribution is -2.53. The SMILES string of the molecule is CCCCOC(CC)C(OCCCC)(OCCCC)OC(CC)O[SiH3]. The van der Waals surface area contributed by atoms with Crippen LogP contribution < -0.4 is 0 Å². The standard InChI is InChI=1S/C19H42O5Si/c1-6-11-14-20-17(9-4)19(21-15-12-7-2,22-16-13-8-3)23-18(10-5)24-25/h17-18H,6-16H2,1-5,25H3. The van der Waals surface area contributed by atoms with Crippen LogP contribution in [-0.2, 0) is 23.4 Å². The monoisotopic (exact) mass is 378 g/mol. The molecule has 5 nitrogen and oxygen atoms in total. The molecule has 0 aromatic rings. The van der Waals surface area contributed by atoms with Crippen LogP contribution >= 0.6 is 0 Å². The van der Waals surface area contributed by atoms with Gasteiger partial charge in [0.1, 0.15) is 16.6 Å². The van der Waals surface area contributed by atoms with Gasteiger partial charge < -0.3 is 18.6 Å². The van der Waals surface area contributed by atoms with E-state index in [9.17, 15) is 0 Å². The summed E-state index contributed by atoms with van der Waals surface area (Å²) in [5.74, 6) is -1.18. The van der Waals surface area contributed by atoms with E-state index in [1.807, 2.05) is 6.92 Å². The molecule has 0 aliphatic rings. The minimum Gasteiger partial charge on any atom is -0.404 e. The van der Waals surface area contributed by atoms with E-state index in [1.165, 1.54) is 0 Å². The van der Waals surface area contributed by atoms with E-state index in [0.717, 1.165) is 51.4 Å². The van der Waals surface area contributed by atoms with Gasteiger partial charge in [0, 0.05) is 6.61 Å². The van der Waals surface area contributed by atoms with Crippen molar-refractivity contribution in [2.24, 2.45) is 0 Å². The lowest BCUT2D eigenvalue weighted by atomic mass is 10.2. The predicted octanol–water partition coefficient (Wildman–Crippen LogP) is 3.92. The molecule has 0 amide bonds. The van der Waals surface area contributed by atoms with Crippen LogP contribution in [0.5, 0.6) is 0 Å². The van der Waals surface area contributed by atoms with Crippen molar-refractivity contribution in [3.63, 3.8) is 0 Å². The Morgan fingerprint density at radius 2 is 1.28 bits per heavy atom. The Hall–Kier alpha value is 0.0169. The fourth-order valence-electron chi connectivity index (χ4n) is 2.41. The second kappa shape index (κ2) is 16.2. The van der Waals surface area contributed by atoms with Gasteiger partial charge in [-0.25, -0.2) is 0 Å². The molecular formula is C19H42O5Si. The van der Waals surface area contributed by atoms with Gasteiger partial charge in [-0.2, -0.15) is 0 Å². The maximum absolute atomic E-state index is 6.26. The third-order valence-electron chi connectivity index (χ3n) is 4.08. The molecule has 0 fully saturated rings. The van der Waals surface area contributed by atoms with E-state index < -0.39 is 5.97 Å². The van der Waals surface area contributed by atoms with Gasteiger partial charge in [-0.15, -0.1) is 0 Å². The molecule has 2 atom stereocenters. The van der Waals surface area contributed by atoms with E-state index in [2.05, 4.69) is 27.7 Å². The number of rotatable bonds is 18. The first-order valence-electron chi connectivity index (χ1n) is 10.2. The smallest absolute Gasteiger partial charge is 0.313 e. The van der Waals surface area contributed by atoms with Crippen molar-refractivity contribution < 1.29 is 23.4 Å². The number of hydrogen-bond acceptors (Lipinski definition) is 5. The molecule has 0 aliphatic heterocycles. The van der Waals surface area contributed by atoms with Gasteiger partial charge in [-0.3, -0.25) is 4.74 Å². The van der Waals surface area contributed by atoms with Crippen LogP contribution in [0.3, 0.4) is 0 Å². The highest BCUT2D eigenvalue weighted by Gasteiger charge is 2.45. The van der Waals surface area contributed by atoms with Crippen LogP contribution in [0.1, 0.15) is 86.0 Å². The van der Waals surface area contributed by atoms with Gasteiger partial charge in [-0.05, 0) is 32.1 Å².